The molecule has 9 rings (SSSR count). The van der Waals surface area contributed by atoms with E-state index in [0.29, 0.717) is 0 Å². The van der Waals surface area contributed by atoms with Crippen LogP contribution in [0.1, 0.15) is 0 Å². The molecule has 0 spiro atoms. The van der Waals surface area contributed by atoms with Crippen LogP contribution in [0.5, 0.6) is 11.5 Å². The molecule has 0 saturated heterocycles. The molecule has 5 heteroatoms. The molecule has 0 bridgehead atoms. The molecule has 8 aromatic rings. The molecule has 1 aliphatic heterocycles. The highest BCUT2D eigenvalue weighted by Crippen LogP contribution is 2.45. The van der Waals surface area contributed by atoms with Crippen LogP contribution in [0.4, 0.5) is 8.78 Å². The lowest BCUT2D eigenvalue weighted by atomic mass is 9.89. The van der Waals surface area contributed by atoms with Gasteiger partial charge in [-0.1, -0.05) is 109 Å². The quantitative estimate of drug-likeness (QED) is 0.209. The second kappa shape index (κ2) is 9.16. The zero-order valence-electron chi connectivity index (χ0n) is 23.3. The smallest absolute Gasteiger partial charge is 0.395 e. The number of nitrogens with zero attached hydrogens (tertiary/aromatic N) is 1. The van der Waals surface area contributed by atoms with Gasteiger partial charge in [0.05, 0.1) is 16.7 Å². The predicted molar refractivity (Wildman–Crippen MR) is 173 cm³/mol. The Kier molecular flexibility index (Phi) is 5.18. The van der Waals surface area contributed by atoms with E-state index in [-0.39, 0.29) is 11.5 Å². The number of fused-ring (bicyclic) bond motifs is 6. The van der Waals surface area contributed by atoms with Gasteiger partial charge in [0.25, 0.3) is 0 Å². The van der Waals surface area contributed by atoms with Gasteiger partial charge < -0.3 is 14.0 Å². The van der Waals surface area contributed by atoms with Crippen LogP contribution < -0.4 is 9.47 Å². The summed E-state index contributed by atoms with van der Waals surface area (Å²) in [5, 5.41) is 6.85. The van der Waals surface area contributed by atoms with Crippen molar-refractivity contribution >= 4 is 43.4 Å². The second-order valence-corrected chi connectivity index (χ2v) is 11.1. The molecule has 0 atom stereocenters. The molecule has 7 aromatic carbocycles. The van der Waals surface area contributed by atoms with Crippen molar-refractivity contribution in [3.63, 3.8) is 0 Å². The molecule has 2 heterocycles. The Bertz CT molecular complexity index is 2390. The fourth-order valence-electron chi connectivity index (χ4n) is 6.80. The van der Waals surface area contributed by atoms with E-state index in [1.807, 2.05) is 12.1 Å². The van der Waals surface area contributed by atoms with Crippen LogP contribution in [-0.2, 0) is 0 Å². The minimum atomic E-state index is -3.65. The topological polar surface area (TPSA) is 23.4 Å². The molecule has 0 amide bonds. The Morgan fingerprint density at radius 3 is 1.57 bits per heavy atom. The van der Waals surface area contributed by atoms with Gasteiger partial charge >= 0.3 is 6.29 Å². The van der Waals surface area contributed by atoms with Crippen molar-refractivity contribution in [2.75, 3.05) is 0 Å². The van der Waals surface area contributed by atoms with Gasteiger partial charge in [-0.05, 0) is 68.7 Å². The number of hydrogen-bond donors (Lipinski definition) is 0. The molecule has 1 aliphatic rings. The summed E-state index contributed by atoms with van der Waals surface area (Å²) in [6, 6.07) is 47.4. The van der Waals surface area contributed by atoms with E-state index in [1.165, 1.54) is 27.9 Å². The maximum absolute atomic E-state index is 13.7. The average Bonchev–Trinajstić information content (AvgIpc) is 3.56. The third-order valence-electron chi connectivity index (χ3n) is 8.65. The molecule has 210 valence electrons. The maximum Gasteiger partial charge on any atom is 0.586 e. The molecular weight excluding hydrogens is 552 g/mol. The van der Waals surface area contributed by atoms with Crippen molar-refractivity contribution in [3.05, 3.63) is 140 Å². The van der Waals surface area contributed by atoms with E-state index in [2.05, 4.69) is 118 Å². The summed E-state index contributed by atoms with van der Waals surface area (Å²) in [6.07, 6.45) is -3.65. The first kappa shape index (κ1) is 24.9. The number of halogens is 2. The molecule has 0 radical (unpaired) electrons. The summed E-state index contributed by atoms with van der Waals surface area (Å²) in [6.45, 7) is 0. The molecule has 0 aliphatic carbocycles. The van der Waals surface area contributed by atoms with Gasteiger partial charge in [0.15, 0.2) is 11.5 Å². The van der Waals surface area contributed by atoms with E-state index in [0.717, 1.165) is 49.5 Å². The lowest BCUT2D eigenvalue weighted by Crippen LogP contribution is -2.25. The highest BCUT2D eigenvalue weighted by atomic mass is 19.3. The molecule has 0 N–H and O–H groups in total. The number of hydrogen-bond acceptors (Lipinski definition) is 2. The third kappa shape index (κ3) is 3.66. The number of rotatable bonds is 3. The van der Waals surface area contributed by atoms with Gasteiger partial charge in [0.2, 0.25) is 0 Å². The first-order valence-corrected chi connectivity index (χ1v) is 14.5. The molecule has 44 heavy (non-hydrogen) atoms. The molecular formula is C39H23F2NO2. The first-order valence-electron chi connectivity index (χ1n) is 14.5. The van der Waals surface area contributed by atoms with Crippen molar-refractivity contribution < 1.29 is 18.3 Å². The molecule has 3 nitrogen and oxygen atoms in total. The summed E-state index contributed by atoms with van der Waals surface area (Å²) < 4.78 is 39.2. The Balaban J connectivity index is 1.25. The lowest BCUT2D eigenvalue weighted by molar-refractivity contribution is -0.286. The van der Waals surface area contributed by atoms with E-state index >= 15 is 0 Å². The van der Waals surface area contributed by atoms with Crippen molar-refractivity contribution in [1.29, 1.82) is 0 Å². The van der Waals surface area contributed by atoms with Crippen molar-refractivity contribution in [1.82, 2.24) is 4.57 Å². The number of aromatic nitrogens is 1. The molecule has 0 fully saturated rings. The average molecular weight is 576 g/mol. The zero-order chi connectivity index (χ0) is 29.4. The summed E-state index contributed by atoms with van der Waals surface area (Å²) in [7, 11) is 0. The van der Waals surface area contributed by atoms with Gasteiger partial charge in [0.1, 0.15) is 0 Å². The van der Waals surface area contributed by atoms with Gasteiger partial charge in [-0.3, -0.25) is 0 Å². The Labute approximate surface area is 251 Å². The summed E-state index contributed by atoms with van der Waals surface area (Å²) in [4.78, 5) is 0. The van der Waals surface area contributed by atoms with E-state index in [4.69, 9.17) is 4.74 Å². The number of benzene rings is 7. The Morgan fingerprint density at radius 2 is 0.909 bits per heavy atom. The van der Waals surface area contributed by atoms with Crippen LogP contribution in [-0.4, -0.2) is 10.9 Å². The van der Waals surface area contributed by atoms with Crippen LogP contribution in [0.3, 0.4) is 0 Å². The van der Waals surface area contributed by atoms with Crippen molar-refractivity contribution in [2.24, 2.45) is 0 Å². The van der Waals surface area contributed by atoms with E-state index in [9.17, 15) is 8.78 Å². The lowest BCUT2D eigenvalue weighted by Gasteiger charge is -2.17. The largest absolute Gasteiger partial charge is 0.586 e. The fraction of sp³-hybridized carbons (Fsp3) is 0.0256. The van der Waals surface area contributed by atoms with Crippen LogP contribution in [0.2, 0.25) is 0 Å². The van der Waals surface area contributed by atoms with Gasteiger partial charge in [-0.15, -0.1) is 8.78 Å². The monoisotopic (exact) mass is 575 g/mol. The minimum Gasteiger partial charge on any atom is -0.395 e. The minimum absolute atomic E-state index is 0.0345. The number of alkyl halides is 2. The predicted octanol–water partition coefficient (Wildman–Crippen LogP) is 10.7. The Hall–Kier alpha value is -5.68. The van der Waals surface area contributed by atoms with Crippen molar-refractivity contribution in [2.45, 2.75) is 6.29 Å². The van der Waals surface area contributed by atoms with Gasteiger partial charge in [-0.25, -0.2) is 0 Å². The highest BCUT2D eigenvalue weighted by molar-refractivity contribution is 6.13. The van der Waals surface area contributed by atoms with Gasteiger partial charge in [0, 0.05) is 16.2 Å². The zero-order valence-corrected chi connectivity index (χ0v) is 23.3. The van der Waals surface area contributed by atoms with E-state index < -0.39 is 6.29 Å². The van der Waals surface area contributed by atoms with Crippen LogP contribution in [0, 0.1) is 0 Å². The van der Waals surface area contributed by atoms with Crippen molar-refractivity contribution in [3.8, 4) is 39.4 Å². The van der Waals surface area contributed by atoms with Crippen LogP contribution in [0.25, 0.3) is 71.3 Å². The Morgan fingerprint density at radius 1 is 0.432 bits per heavy atom. The first-order chi connectivity index (χ1) is 21.6. The summed E-state index contributed by atoms with van der Waals surface area (Å²) in [5.74, 6) is 0.0711. The third-order valence-corrected chi connectivity index (χ3v) is 8.65. The summed E-state index contributed by atoms with van der Waals surface area (Å²) >= 11 is 0. The summed E-state index contributed by atoms with van der Waals surface area (Å²) in [5.41, 5.74) is 7.39. The fourth-order valence-corrected chi connectivity index (χ4v) is 6.80. The normalized spacial score (nSPS) is 13.8. The van der Waals surface area contributed by atoms with Crippen LogP contribution >= 0.6 is 0 Å². The maximum atomic E-state index is 13.7. The van der Waals surface area contributed by atoms with E-state index in [1.54, 1.807) is 12.1 Å². The number of para-hydroxylation sites is 2. The second-order valence-electron chi connectivity index (χ2n) is 11.1. The standard InChI is InChI=1S/C39H23F2NO2/c40-39(41)43-37-22-17-24(23-38(37)44-39)25-18-19-29(27-10-2-1-9-26(25)27)30-20-21-36(31-12-4-3-11-28(30)31)42-34-15-7-5-13-32(34)33-14-6-8-16-35(33)42/h1-23H. The SMILES string of the molecule is FC1(F)Oc2ccc(-c3ccc(-c4ccc(-n5c6ccccc6c6ccccc65)c5ccccc45)c4ccccc34)cc2O1. The molecule has 0 unspecified atom stereocenters. The number of ether oxygens (including phenoxy) is 2. The van der Waals surface area contributed by atoms with Gasteiger partial charge in [-0.2, -0.15) is 0 Å². The molecule has 0 saturated carbocycles. The molecule has 1 aromatic heterocycles. The highest BCUT2D eigenvalue weighted by Gasteiger charge is 2.43. The van der Waals surface area contributed by atoms with Crippen LogP contribution in [0.15, 0.2) is 140 Å².